The van der Waals surface area contributed by atoms with Gasteiger partial charge in [0, 0.05) is 22.1 Å². The van der Waals surface area contributed by atoms with Crippen LogP contribution in [0.25, 0.3) is 0 Å². The normalized spacial score (nSPS) is 14.3. The molecule has 2 aromatic rings. The predicted octanol–water partition coefficient (Wildman–Crippen LogP) is 3.81. The Morgan fingerprint density at radius 2 is 1.05 bits per heavy atom. The van der Waals surface area contributed by atoms with E-state index in [0.29, 0.717) is 10.0 Å². The van der Waals surface area contributed by atoms with Crippen LogP contribution in [0.3, 0.4) is 0 Å². The molecule has 0 amide bonds. The Balaban J connectivity index is 2.57. The molecule has 0 aromatic heterocycles. The molecule has 0 saturated carbocycles. The van der Waals surface area contributed by atoms with Gasteiger partial charge in [-0.2, -0.15) is 0 Å². The molecule has 110 valence electrons. The van der Waals surface area contributed by atoms with Gasteiger partial charge >= 0.3 is 0 Å². The molecule has 22 heavy (non-hydrogen) atoms. The van der Waals surface area contributed by atoms with Gasteiger partial charge < -0.3 is 9.62 Å². The number of nitrogens with zero attached hydrogens (tertiary/aromatic N) is 2. The second-order valence-corrected chi connectivity index (χ2v) is 6.08. The van der Waals surface area contributed by atoms with Crippen molar-refractivity contribution >= 4 is 39.2 Å². The summed E-state index contributed by atoms with van der Waals surface area (Å²) in [4.78, 5) is 3.22. The van der Waals surface area contributed by atoms with Crippen molar-refractivity contribution in [1.29, 1.82) is 0 Å². The zero-order valence-electron chi connectivity index (χ0n) is 12.6. The van der Waals surface area contributed by atoms with Crippen LogP contribution in [-0.2, 0) is 0 Å². The van der Waals surface area contributed by atoms with E-state index in [9.17, 15) is 0 Å². The molecule has 0 aliphatic carbocycles. The van der Waals surface area contributed by atoms with Crippen molar-refractivity contribution in [2.45, 2.75) is 12.1 Å². The third-order valence-corrected chi connectivity index (χ3v) is 4.31. The van der Waals surface area contributed by atoms with Gasteiger partial charge in [0.2, 0.25) is 0 Å². The van der Waals surface area contributed by atoms with E-state index >= 15 is 0 Å². The largest absolute Gasteiger partial charge is 0.348 e. The molecule has 4 radical (unpaired) electrons. The highest BCUT2D eigenvalue weighted by Gasteiger charge is 2.30. The molecule has 0 aliphatic heterocycles. The zero-order valence-corrected chi connectivity index (χ0v) is 14.1. The lowest BCUT2D eigenvalue weighted by molar-refractivity contribution is 0.243. The fourth-order valence-corrected chi connectivity index (χ4v) is 3.15. The maximum Gasteiger partial charge on any atom is 0.183 e. The molecule has 0 bridgehead atoms. The highest BCUT2D eigenvalue weighted by molar-refractivity contribution is 6.32. The van der Waals surface area contributed by atoms with Crippen LogP contribution < -0.4 is 0 Å². The number of halogens is 2. The lowest BCUT2D eigenvalue weighted by Gasteiger charge is -2.39. The van der Waals surface area contributed by atoms with Crippen LogP contribution in [0.15, 0.2) is 48.5 Å². The van der Waals surface area contributed by atoms with Crippen LogP contribution in [0.5, 0.6) is 0 Å². The first-order valence-electron chi connectivity index (χ1n) is 6.87. The Bertz CT molecular complexity index is 580. The van der Waals surface area contributed by atoms with Gasteiger partial charge in [0.05, 0.1) is 0 Å². The van der Waals surface area contributed by atoms with Crippen LogP contribution in [0, 0.1) is 0 Å². The van der Waals surface area contributed by atoms with Gasteiger partial charge in [-0.25, -0.2) is 0 Å². The zero-order chi connectivity index (χ0) is 16.3. The summed E-state index contributed by atoms with van der Waals surface area (Å²) in [6, 6.07) is 14.7. The second-order valence-electron chi connectivity index (χ2n) is 5.26. The van der Waals surface area contributed by atoms with Crippen LogP contribution in [0.4, 0.5) is 0 Å². The summed E-state index contributed by atoms with van der Waals surface area (Å²) in [5, 5.41) is 1.28. The first-order valence-corrected chi connectivity index (χ1v) is 7.63. The molecular formula is C16H16B2Cl2N2. The minimum absolute atomic E-state index is 0.247. The minimum atomic E-state index is -0.247. The lowest BCUT2D eigenvalue weighted by atomic mass is 9.88. The van der Waals surface area contributed by atoms with E-state index < -0.39 is 0 Å². The van der Waals surface area contributed by atoms with Crippen LogP contribution in [0.1, 0.15) is 23.2 Å². The van der Waals surface area contributed by atoms with Crippen molar-refractivity contribution in [3.8, 4) is 0 Å². The summed E-state index contributed by atoms with van der Waals surface area (Å²) >= 11 is 12.7. The van der Waals surface area contributed by atoms with Crippen molar-refractivity contribution in [1.82, 2.24) is 9.62 Å². The van der Waals surface area contributed by atoms with Gasteiger partial charge in [-0.05, 0) is 37.4 Å². The van der Waals surface area contributed by atoms with E-state index in [1.165, 1.54) is 0 Å². The molecule has 0 spiro atoms. The Morgan fingerprint density at radius 1 is 0.727 bits per heavy atom. The van der Waals surface area contributed by atoms with Crippen LogP contribution in [0.2, 0.25) is 10.0 Å². The molecule has 0 fully saturated rings. The third kappa shape index (κ3) is 3.69. The fourth-order valence-electron chi connectivity index (χ4n) is 2.65. The maximum absolute atomic E-state index is 6.36. The van der Waals surface area contributed by atoms with Crippen LogP contribution in [-0.4, -0.2) is 39.7 Å². The van der Waals surface area contributed by atoms with Crippen molar-refractivity contribution in [3.05, 3.63) is 69.7 Å². The number of hydrogen-bond acceptors (Lipinski definition) is 2. The first kappa shape index (κ1) is 17.4. The average molecular weight is 329 g/mol. The Hall–Kier alpha value is -0.930. The van der Waals surface area contributed by atoms with E-state index in [1.54, 1.807) is 23.7 Å². The second kappa shape index (κ2) is 7.56. The molecule has 0 N–H and O–H groups in total. The summed E-state index contributed by atoms with van der Waals surface area (Å²) in [5.74, 6) is 0. The van der Waals surface area contributed by atoms with Gasteiger partial charge in [-0.15, -0.1) is 0 Å². The Labute approximate surface area is 144 Å². The van der Waals surface area contributed by atoms with Crippen molar-refractivity contribution in [2.24, 2.45) is 0 Å². The van der Waals surface area contributed by atoms with Gasteiger partial charge in [-0.1, -0.05) is 59.6 Å². The molecule has 0 aliphatic rings. The maximum atomic E-state index is 6.36. The van der Waals surface area contributed by atoms with Crippen LogP contribution >= 0.6 is 23.2 Å². The molecule has 2 unspecified atom stereocenters. The van der Waals surface area contributed by atoms with Crippen molar-refractivity contribution in [2.75, 3.05) is 14.1 Å². The fraction of sp³-hybridized carbons (Fsp3) is 0.250. The molecule has 2 atom stereocenters. The molecular weight excluding hydrogens is 313 g/mol. The monoisotopic (exact) mass is 328 g/mol. The Kier molecular flexibility index (Phi) is 5.99. The first-order chi connectivity index (χ1) is 10.4. The molecule has 0 heterocycles. The molecule has 2 nitrogen and oxygen atoms in total. The lowest BCUT2D eigenvalue weighted by Crippen LogP contribution is -2.36. The number of rotatable bonds is 5. The highest BCUT2D eigenvalue weighted by Crippen LogP contribution is 2.40. The number of likely N-dealkylation sites (N-methyl/N-ethyl adjacent to an activating group) is 2. The van der Waals surface area contributed by atoms with Crippen molar-refractivity contribution < 1.29 is 0 Å². The average Bonchev–Trinajstić information content (AvgIpc) is 2.46. The van der Waals surface area contributed by atoms with E-state index in [2.05, 4.69) is 0 Å². The van der Waals surface area contributed by atoms with Gasteiger partial charge in [0.1, 0.15) is 0 Å². The smallest absolute Gasteiger partial charge is 0.183 e. The van der Waals surface area contributed by atoms with E-state index in [-0.39, 0.29) is 12.1 Å². The highest BCUT2D eigenvalue weighted by atomic mass is 35.5. The molecule has 6 heteroatoms. The summed E-state index contributed by atoms with van der Waals surface area (Å²) in [6.07, 6.45) is 0. The molecule has 0 saturated heterocycles. The summed E-state index contributed by atoms with van der Waals surface area (Å²) in [7, 11) is 15.8. The van der Waals surface area contributed by atoms with E-state index in [4.69, 9.17) is 39.2 Å². The van der Waals surface area contributed by atoms with Crippen molar-refractivity contribution in [3.63, 3.8) is 0 Å². The predicted molar refractivity (Wildman–Crippen MR) is 95.4 cm³/mol. The topological polar surface area (TPSA) is 6.48 Å². The number of benzene rings is 2. The van der Waals surface area contributed by atoms with Gasteiger partial charge in [0.15, 0.2) is 16.0 Å². The van der Waals surface area contributed by atoms with Gasteiger partial charge in [-0.3, -0.25) is 0 Å². The Morgan fingerprint density at radius 3 is 1.32 bits per heavy atom. The van der Waals surface area contributed by atoms with E-state index in [0.717, 1.165) is 11.1 Å². The van der Waals surface area contributed by atoms with Gasteiger partial charge in [0.25, 0.3) is 0 Å². The number of hydrogen-bond donors (Lipinski definition) is 0. The summed E-state index contributed by atoms with van der Waals surface area (Å²) in [5.41, 5.74) is 1.80. The van der Waals surface area contributed by atoms with E-state index in [1.807, 2.05) is 48.5 Å². The summed E-state index contributed by atoms with van der Waals surface area (Å²) < 4.78 is 0. The third-order valence-electron chi connectivity index (χ3n) is 3.62. The minimum Gasteiger partial charge on any atom is -0.348 e. The summed E-state index contributed by atoms with van der Waals surface area (Å²) in [6.45, 7) is 0. The molecule has 2 rings (SSSR count). The molecule has 2 aromatic carbocycles. The quantitative estimate of drug-likeness (QED) is 0.770. The standard InChI is InChI=1S/C16H16B2Cl2N2/c1-21(17)15(11-7-3-5-9-13(11)19)16(22(2)18)12-8-4-6-10-14(12)20/h3-10,15-16H,1-2H3. The SMILES string of the molecule is [B]N(C)C(c1ccccc1Cl)C(c1ccccc1Cl)N([B])C.